The average Bonchev–Trinajstić information content (AvgIpc) is 3.26. The fraction of sp³-hybridized carbons (Fsp3) is 0.389. The van der Waals surface area contributed by atoms with Gasteiger partial charge in [-0.3, -0.25) is 4.79 Å². The summed E-state index contributed by atoms with van der Waals surface area (Å²) in [5, 5.41) is 7.65. The molecule has 29 heavy (non-hydrogen) atoms. The van der Waals surface area contributed by atoms with Gasteiger partial charge in [0.25, 0.3) is 5.91 Å². The molecule has 0 saturated carbocycles. The number of fused-ring (bicyclic) bond motifs is 2. The van der Waals surface area contributed by atoms with Crippen LogP contribution in [0.3, 0.4) is 0 Å². The molecule has 1 aromatic carbocycles. The number of aryl methyl sites for hydroxylation is 1. The first kappa shape index (κ1) is 19.1. The van der Waals surface area contributed by atoms with Gasteiger partial charge in [0, 0.05) is 31.6 Å². The summed E-state index contributed by atoms with van der Waals surface area (Å²) in [4.78, 5) is 14.5. The molecule has 154 valence electrons. The molecule has 0 bridgehead atoms. The molecule has 1 aliphatic heterocycles. The molecular weight excluding hydrogens is 391 g/mol. The van der Waals surface area contributed by atoms with Gasteiger partial charge < -0.3 is 23.5 Å². The number of rotatable bonds is 3. The van der Waals surface area contributed by atoms with Crippen LogP contribution in [-0.2, 0) is 26.3 Å². The van der Waals surface area contributed by atoms with Crippen molar-refractivity contribution in [2.24, 2.45) is 7.05 Å². The Balaban J connectivity index is 1.66. The lowest BCUT2D eigenvalue weighted by Gasteiger charge is -2.28. The number of carbonyl (C=O) groups is 1. The molecule has 0 N–H and O–H groups in total. The van der Waals surface area contributed by atoms with E-state index in [1.807, 2.05) is 0 Å². The number of methoxy groups -OCH3 is 2. The highest BCUT2D eigenvalue weighted by Gasteiger charge is 2.40. The fourth-order valence-electron chi connectivity index (χ4n) is 3.57. The third-order valence-electron chi connectivity index (χ3n) is 5.06. The minimum Gasteiger partial charge on any atom is -0.493 e. The van der Waals surface area contributed by atoms with Crippen molar-refractivity contribution in [3.63, 3.8) is 0 Å². The van der Waals surface area contributed by atoms with E-state index < -0.39 is 12.0 Å². The van der Waals surface area contributed by atoms with Crippen LogP contribution in [0.5, 0.6) is 11.5 Å². The van der Waals surface area contributed by atoms with Gasteiger partial charge in [-0.1, -0.05) is 0 Å². The predicted molar refractivity (Wildman–Crippen MR) is 95.8 cm³/mol. The summed E-state index contributed by atoms with van der Waals surface area (Å²) in [6, 6.07) is 5.26. The first-order valence-electron chi connectivity index (χ1n) is 8.74. The second-order valence-electron chi connectivity index (χ2n) is 6.67. The van der Waals surface area contributed by atoms with E-state index in [4.69, 9.17) is 9.47 Å². The summed E-state index contributed by atoms with van der Waals surface area (Å²) >= 11 is 0. The van der Waals surface area contributed by atoms with Crippen molar-refractivity contribution < 1.29 is 27.4 Å². The molecule has 0 fully saturated rings. The number of nitrogens with zero attached hydrogens (tertiary/aromatic N) is 5. The molecule has 0 aliphatic carbocycles. The first-order chi connectivity index (χ1) is 13.7. The van der Waals surface area contributed by atoms with Crippen LogP contribution in [-0.4, -0.2) is 50.9 Å². The van der Waals surface area contributed by atoms with E-state index in [2.05, 4.69) is 10.2 Å². The van der Waals surface area contributed by atoms with E-state index >= 15 is 0 Å². The topological polar surface area (TPSA) is 74.4 Å². The van der Waals surface area contributed by atoms with Crippen molar-refractivity contribution in [1.29, 1.82) is 0 Å². The number of carbonyl (C=O) groups excluding carboxylic acids is 1. The molecule has 11 heteroatoms. The van der Waals surface area contributed by atoms with Gasteiger partial charge in [0.05, 0.1) is 26.3 Å². The molecule has 0 spiro atoms. The van der Waals surface area contributed by atoms with Crippen LogP contribution in [0.4, 0.5) is 13.2 Å². The van der Waals surface area contributed by atoms with Crippen molar-refractivity contribution in [2.75, 3.05) is 20.8 Å². The number of benzene rings is 1. The Labute approximate surface area is 163 Å². The summed E-state index contributed by atoms with van der Waals surface area (Å²) in [6.45, 7) is 0.0612. The van der Waals surface area contributed by atoms with Gasteiger partial charge in [0.15, 0.2) is 17.3 Å². The lowest BCUT2D eigenvalue weighted by atomic mass is 10.2. The van der Waals surface area contributed by atoms with Gasteiger partial charge in [0.1, 0.15) is 5.69 Å². The molecule has 0 saturated heterocycles. The zero-order valence-corrected chi connectivity index (χ0v) is 15.9. The molecule has 1 amide bonds. The van der Waals surface area contributed by atoms with Crippen LogP contribution in [0.25, 0.3) is 10.9 Å². The molecule has 3 heterocycles. The van der Waals surface area contributed by atoms with E-state index in [1.54, 1.807) is 29.8 Å². The summed E-state index contributed by atoms with van der Waals surface area (Å²) < 4.78 is 52.3. The predicted octanol–water partition coefficient (Wildman–Crippen LogP) is 2.46. The molecule has 2 aromatic heterocycles. The minimum absolute atomic E-state index is 0.0193. The highest BCUT2D eigenvalue weighted by atomic mass is 19.4. The number of halogens is 3. The van der Waals surface area contributed by atoms with Gasteiger partial charge in [-0.05, 0) is 12.1 Å². The van der Waals surface area contributed by atoms with Crippen molar-refractivity contribution >= 4 is 16.8 Å². The van der Waals surface area contributed by atoms with Crippen molar-refractivity contribution in [3.8, 4) is 11.5 Å². The Bertz CT molecular complexity index is 1100. The summed E-state index contributed by atoms with van der Waals surface area (Å²) in [5.74, 6) is -0.159. The molecule has 0 atom stereocenters. The van der Waals surface area contributed by atoms with Crippen LogP contribution in [0, 0.1) is 0 Å². The first-order valence-corrected chi connectivity index (χ1v) is 8.74. The fourth-order valence-corrected chi connectivity index (χ4v) is 3.57. The SMILES string of the molecule is COc1cc2cc(C(=O)N3CCn4c(nnc4C(F)(F)F)C3)n(C)c2cc1OC. The standard InChI is InChI=1S/C18H18F3N5O3/c1-24-11-8-14(29-3)13(28-2)7-10(11)6-12(24)16(27)25-4-5-26-15(9-25)22-23-17(26)18(19,20)21/h6-8H,4-5,9H2,1-3H3. The number of amides is 1. The van der Waals surface area contributed by atoms with Crippen molar-refractivity contribution in [3.05, 3.63) is 35.5 Å². The number of alkyl halides is 3. The summed E-state index contributed by atoms with van der Waals surface area (Å²) in [7, 11) is 4.80. The van der Waals surface area contributed by atoms with Crippen LogP contribution in [0.15, 0.2) is 18.2 Å². The highest BCUT2D eigenvalue weighted by molar-refractivity contribution is 5.99. The lowest BCUT2D eigenvalue weighted by Crippen LogP contribution is -2.40. The van der Waals surface area contributed by atoms with Gasteiger partial charge in [-0.15, -0.1) is 10.2 Å². The maximum atomic E-state index is 13.1. The number of hydrogen-bond donors (Lipinski definition) is 0. The molecule has 3 aromatic rings. The second-order valence-corrected chi connectivity index (χ2v) is 6.67. The lowest BCUT2D eigenvalue weighted by molar-refractivity contribution is -0.147. The maximum Gasteiger partial charge on any atom is 0.451 e. The molecule has 0 radical (unpaired) electrons. The quantitative estimate of drug-likeness (QED) is 0.665. The van der Waals surface area contributed by atoms with E-state index in [0.29, 0.717) is 17.2 Å². The van der Waals surface area contributed by atoms with Crippen molar-refractivity contribution in [1.82, 2.24) is 24.2 Å². The Morgan fingerprint density at radius 2 is 1.76 bits per heavy atom. The van der Waals surface area contributed by atoms with E-state index in [-0.39, 0.29) is 31.4 Å². The van der Waals surface area contributed by atoms with Crippen LogP contribution in [0.2, 0.25) is 0 Å². The molecule has 0 unspecified atom stereocenters. The largest absolute Gasteiger partial charge is 0.493 e. The zero-order chi connectivity index (χ0) is 20.9. The van der Waals surface area contributed by atoms with E-state index in [9.17, 15) is 18.0 Å². The number of ether oxygens (including phenoxy) is 2. The Kier molecular flexibility index (Phi) is 4.39. The zero-order valence-electron chi connectivity index (χ0n) is 15.9. The highest BCUT2D eigenvalue weighted by Crippen LogP contribution is 2.34. The van der Waals surface area contributed by atoms with Crippen LogP contribution < -0.4 is 9.47 Å². The number of hydrogen-bond acceptors (Lipinski definition) is 5. The monoisotopic (exact) mass is 409 g/mol. The molecule has 4 rings (SSSR count). The van der Waals surface area contributed by atoms with E-state index in [0.717, 1.165) is 15.5 Å². The summed E-state index contributed by atoms with van der Waals surface area (Å²) in [6.07, 6.45) is -4.58. The van der Waals surface area contributed by atoms with Crippen molar-refractivity contribution in [2.45, 2.75) is 19.3 Å². The third-order valence-corrected chi connectivity index (χ3v) is 5.06. The maximum absolute atomic E-state index is 13.1. The Morgan fingerprint density at radius 1 is 1.07 bits per heavy atom. The van der Waals surface area contributed by atoms with Crippen LogP contribution >= 0.6 is 0 Å². The van der Waals surface area contributed by atoms with Gasteiger partial charge >= 0.3 is 6.18 Å². The normalized spacial score (nSPS) is 14.2. The molecule has 8 nitrogen and oxygen atoms in total. The molecule has 1 aliphatic rings. The third kappa shape index (κ3) is 3.06. The summed E-state index contributed by atoms with van der Waals surface area (Å²) in [5.41, 5.74) is 1.17. The number of aromatic nitrogens is 4. The Hall–Kier alpha value is -3.24. The van der Waals surface area contributed by atoms with Gasteiger partial charge in [-0.25, -0.2) is 0 Å². The second kappa shape index (κ2) is 6.68. The van der Waals surface area contributed by atoms with Crippen LogP contribution in [0.1, 0.15) is 22.1 Å². The minimum atomic E-state index is -4.58. The smallest absolute Gasteiger partial charge is 0.451 e. The Morgan fingerprint density at radius 3 is 2.41 bits per heavy atom. The average molecular weight is 409 g/mol. The molecular formula is C18H18F3N5O3. The van der Waals surface area contributed by atoms with Gasteiger partial charge in [0.2, 0.25) is 5.82 Å². The van der Waals surface area contributed by atoms with Gasteiger partial charge in [-0.2, -0.15) is 13.2 Å². The van der Waals surface area contributed by atoms with E-state index in [1.165, 1.54) is 19.1 Å².